The molecule has 4 aliphatic rings. The van der Waals surface area contributed by atoms with Crippen molar-refractivity contribution < 1.29 is 10.2 Å². The summed E-state index contributed by atoms with van der Waals surface area (Å²) in [7, 11) is 0. The summed E-state index contributed by atoms with van der Waals surface area (Å²) < 4.78 is 0. The second-order valence-corrected chi connectivity index (χ2v) is 15.1. The van der Waals surface area contributed by atoms with Crippen molar-refractivity contribution in [3.05, 3.63) is 35.4 Å². The Labute approximate surface area is 233 Å². The number of phenols is 1. The molecule has 4 fully saturated rings. The average molecular weight is 521 g/mol. The van der Waals surface area contributed by atoms with Crippen molar-refractivity contribution in [3.63, 3.8) is 0 Å². The maximum Gasteiger partial charge on any atom is 0.122 e. The molecule has 0 radical (unpaired) electrons. The van der Waals surface area contributed by atoms with E-state index in [2.05, 4.69) is 53.3 Å². The van der Waals surface area contributed by atoms with Gasteiger partial charge in [0.2, 0.25) is 0 Å². The molecule has 5 rings (SSSR count). The Morgan fingerprint density at radius 1 is 1.00 bits per heavy atom. The van der Waals surface area contributed by atoms with Gasteiger partial charge in [-0.05, 0) is 133 Å². The van der Waals surface area contributed by atoms with Gasteiger partial charge in [-0.2, -0.15) is 0 Å². The van der Waals surface area contributed by atoms with Gasteiger partial charge >= 0.3 is 0 Å². The van der Waals surface area contributed by atoms with Crippen molar-refractivity contribution in [2.45, 2.75) is 124 Å². The molecule has 2 nitrogen and oxygen atoms in total. The summed E-state index contributed by atoms with van der Waals surface area (Å²) in [5.41, 5.74) is 3.67. The molecule has 1 aromatic carbocycles. The molecule has 1 aromatic rings. The minimum absolute atomic E-state index is 0.143. The highest BCUT2D eigenvalue weighted by atomic mass is 16.3. The predicted molar refractivity (Wildman–Crippen MR) is 160 cm³/mol. The Hall–Kier alpha value is -1.28. The Bertz CT molecular complexity index is 1010. The van der Waals surface area contributed by atoms with Gasteiger partial charge in [-0.15, -0.1) is 0 Å². The number of hydrogen-bond donors (Lipinski definition) is 2. The molecule has 4 saturated carbocycles. The van der Waals surface area contributed by atoms with E-state index in [1.54, 1.807) is 0 Å². The highest BCUT2D eigenvalue weighted by Gasteiger charge is 2.63. The molecular formula is C36H56O2. The fourth-order valence-corrected chi connectivity index (χ4v) is 11.1. The number of phenolic OH excluding ortho intramolecular Hbond substituents is 1. The lowest BCUT2D eigenvalue weighted by Gasteiger charge is -2.63. The summed E-state index contributed by atoms with van der Waals surface area (Å²) in [6, 6.07) is 4.29. The molecule has 2 heteroatoms. The zero-order valence-electron chi connectivity index (χ0n) is 25.3. The first kappa shape index (κ1) is 28.3. The third kappa shape index (κ3) is 4.49. The highest BCUT2D eigenvalue weighted by Crippen LogP contribution is 2.71. The first-order chi connectivity index (χ1) is 18.0. The van der Waals surface area contributed by atoms with Crippen LogP contribution in [0.25, 0.3) is 6.08 Å². The zero-order chi connectivity index (χ0) is 27.4. The van der Waals surface area contributed by atoms with E-state index in [4.69, 9.17) is 0 Å². The molecule has 0 bridgehead atoms. The van der Waals surface area contributed by atoms with Gasteiger partial charge in [0.25, 0.3) is 0 Å². The Balaban J connectivity index is 1.43. The maximum absolute atomic E-state index is 11.4. The fraction of sp³-hybridized carbons (Fsp3) is 0.778. The number of fused-ring (bicyclic) bond motifs is 5. The maximum atomic E-state index is 11.4. The van der Waals surface area contributed by atoms with Gasteiger partial charge in [0.15, 0.2) is 0 Å². The Morgan fingerprint density at radius 3 is 2.47 bits per heavy atom. The Kier molecular flexibility index (Phi) is 7.89. The summed E-state index contributed by atoms with van der Waals surface area (Å²) in [5.74, 6) is 6.11. The van der Waals surface area contributed by atoms with Crippen molar-refractivity contribution in [2.24, 2.45) is 52.3 Å². The first-order valence-corrected chi connectivity index (χ1v) is 16.1. The summed E-state index contributed by atoms with van der Waals surface area (Å²) in [4.78, 5) is 0. The molecule has 4 aliphatic carbocycles. The van der Waals surface area contributed by atoms with E-state index in [-0.39, 0.29) is 17.4 Å². The van der Waals surface area contributed by atoms with E-state index >= 15 is 0 Å². The monoisotopic (exact) mass is 520 g/mol. The van der Waals surface area contributed by atoms with Crippen molar-refractivity contribution in [1.82, 2.24) is 0 Å². The molecular weight excluding hydrogens is 464 g/mol. The zero-order valence-corrected chi connectivity index (χ0v) is 25.3. The molecule has 0 saturated heterocycles. The van der Waals surface area contributed by atoms with Crippen LogP contribution in [0.3, 0.4) is 0 Å². The normalized spacial score (nSPS) is 41.3. The molecule has 212 valence electrons. The standard InChI is InChI=1S/C36H56O2/c1-8-25-12-14-29(34(38)24(25)5)33-21-27(37)20-26-13-15-28-31-17-16-30(23(4)11-9-10-22(2)3)35(31,6)19-18-32(28)36(26,33)7/h8,12,14,22-23,26-28,30-33,37-38H,1,9-11,13,15-21H2,2-7H3/t23-,26-,27+,28-,30-,31+,32+,33?,35-,36+/m1/s1. The van der Waals surface area contributed by atoms with Crippen LogP contribution in [0, 0.1) is 59.2 Å². The van der Waals surface area contributed by atoms with E-state index in [0.29, 0.717) is 23.0 Å². The van der Waals surface area contributed by atoms with Crippen LogP contribution in [0.5, 0.6) is 5.75 Å². The van der Waals surface area contributed by atoms with Crippen LogP contribution in [0.1, 0.15) is 128 Å². The van der Waals surface area contributed by atoms with Crippen molar-refractivity contribution in [2.75, 3.05) is 0 Å². The molecule has 0 aliphatic heterocycles. The number of rotatable bonds is 7. The van der Waals surface area contributed by atoms with Crippen LogP contribution in [0.4, 0.5) is 0 Å². The summed E-state index contributed by atoms with van der Waals surface area (Å²) in [6.45, 7) is 18.5. The van der Waals surface area contributed by atoms with E-state index in [9.17, 15) is 10.2 Å². The van der Waals surface area contributed by atoms with Gasteiger partial charge in [0.1, 0.15) is 5.75 Å². The topological polar surface area (TPSA) is 40.5 Å². The smallest absolute Gasteiger partial charge is 0.122 e. The third-order valence-electron chi connectivity index (χ3n) is 13.1. The van der Waals surface area contributed by atoms with Crippen LogP contribution in [0.2, 0.25) is 0 Å². The summed E-state index contributed by atoms with van der Waals surface area (Å²) >= 11 is 0. The Morgan fingerprint density at radius 2 is 1.76 bits per heavy atom. The van der Waals surface area contributed by atoms with Gasteiger partial charge < -0.3 is 10.2 Å². The van der Waals surface area contributed by atoms with E-state index in [0.717, 1.165) is 59.1 Å². The quantitative estimate of drug-likeness (QED) is 0.376. The van der Waals surface area contributed by atoms with Crippen molar-refractivity contribution in [3.8, 4) is 5.75 Å². The lowest BCUT2D eigenvalue weighted by atomic mass is 9.41. The van der Waals surface area contributed by atoms with Gasteiger partial charge in [-0.3, -0.25) is 0 Å². The van der Waals surface area contributed by atoms with E-state index in [1.165, 1.54) is 57.8 Å². The van der Waals surface area contributed by atoms with Gasteiger partial charge in [0, 0.05) is 0 Å². The fourth-order valence-electron chi connectivity index (χ4n) is 11.1. The molecule has 10 atom stereocenters. The SMILES string of the molecule is C=Cc1ccc(C2C[C@@H](O)C[C@H]3CC[C@@H]4[C@@H]5CC[C@H]([C@H](C)CCCC(C)C)[C@@]5(C)CC[C@@H]4[C@@]23C)c(O)c1C. The third-order valence-corrected chi connectivity index (χ3v) is 13.1. The molecule has 2 N–H and O–H groups in total. The largest absolute Gasteiger partial charge is 0.507 e. The van der Waals surface area contributed by atoms with Gasteiger partial charge in [-0.1, -0.05) is 78.7 Å². The number of aromatic hydroxyl groups is 1. The van der Waals surface area contributed by atoms with Crippen LogP contribution in [0.15, 0.2) is 18.7 Å². The minimum Gasteiger partial charge on any atom is -0.507 e. The molecule has 0 amide bonds. The number of benzene rings is 1. The molecule has 0 aromatic heterocycles. The number of hydrogen-bond acceptors (Lipinski definition) is 2. The highest BCUT2D eigenvalue weighted by molar-refractivity contribution is 5.59. The van der Waals surface area contributed by atoms with Crippen LogP contribution in [-0.2, 0) is 0 Å². The minimum atomic E-state index is -0.259. The number of aliphatic hydroxyl groups excluding tert-OH is 1. The second-order valence-electron chi connectivity index (χ2n) is 15.1. The van der Waals surface area contributed by atoms with Crippen molar-refractivity contribution >= 4 is 6.08 Å². The lowest BCUT2D eigenvalue weighted by Crippen LogP contribution is -2.56. The van der Waals surface area contributed by atoms with Crippen LogP contribution >= 0.6 is 0 Å². The summed E-state index contributed by atoms with van der Waals surface area (Å²) in [5, 5.41) is 22.5. The molecule has 1 unspecified atom stereocenters. The van der Waals surface area contributed by atoms with Gasteiger partial charge in [0.05, 0.1) is 6.10 Å². The molecule has 38 heavy (non-hydrogen) atoms. The van der Waals surface area contributed by atoms with E-state index < -0.39 is 0 Å². The molecule has 0 heterocycles. The predicted octanol–water partition coefficient (Wildman–Crippen LogP) is 9.52. The van der Waals surface area contributed by atoms with Crippen molar-refractivity contribution in [1.29, 1.82) is 0 Å². The van der Waals surface area contributed by atoms with Crippen LogP contribution < -0.4 is 0 Å². The number of aliphatic hydroxyl groups is 1. The van der Waals surface area contributed by atoms with Crippen LogP contribution in [-0.4, -0.2) is 16.3 Å². The van der Waals surface area contributed by atoms with Gasteiger partial charge in [-0.25, -0.2) is 0 Å². The second kappa shape index (κ2) is 10.6. The average Bonchev–Trinajstić information content (AvgIpc) is 3.23. The summed E-state index contributed by atoms with van der Waals surface area (Å²) in [6.07, 6.45) is 15.6. The van der Waals surface area contributed by atoms with E-state index in [1.807, 2.05) is 13.0 Å². The first-order valence-electron chi connectivity index (χ1n) is 16.1. The lowest BCUT2D eigenvalue weighted by molar-refractivity contribution is -0.140. The molecule has 0 spiro atoms.